The molecule has 1 aromatic rings. The lowest BCUT2D eigenvalue weighted by atomic mass is 9.88. The highest BCUT2D eigenvalue weighted by Crippen LogP contribution is 2.23. The van der Waals surface area contributed by atoms with E-state index in [-0.39, 0.29) is 17.9 Å². The summed E-state index contributed by atoms with van der Waals surface area (Å²) in [5, 5.41) is 6.21. The summed E-state index contributed by atoms with van der Waals surface area (Å²) in [5.41, 5.74) is 0.941. The van der Waals surface area contributed by atoms with E-state index in [9.17, 15) is 4.79 Å². The Labute approximate surface area is 130 Å². The van der Waals surface area contributed by atoms with Crippen LogP contribution in [0.2, 0.25) is 0 Å². The van der Waals surface area contributed by atoms with E-state index >= 15 is 0 Å². The Kier molecular flexibility index (Phi) is 5.72. The Balaban J connectivity index is 1.89. The van der Waals surface area contributed by atoms with Crippen molar-refractivity contribution in [3.8, 4) is 0 Å². The molecule has 1 N–H and O–H groups in total. The maximum atomic E-state index is 12.4. The van der Waals surface area contributed by atoms with Crippen molar-refractivity contribution in [2.75, 3.05) is 26.7 Å². The van der Waals surface area contributed by atoms with Crippen molar-refractivity contribution in [1.82, 2.24) is 15.2 Å². The molecule has 0 spiro atoms. The van der Waals surface area contributed by atoms with Crippen LogP contribution in [0, 0.1) is 11.8 Å². The van der Waals surface area contributed by atoms with Crippen LogP contribution in [-0.2, 0) is 16.1 Å². The van der Waals surface area contributed by atoms with Crippen LogP contribution in [0.25, 0.3) is 0 Å². The zero-order chi connectivity index (χ0) is 15.4. The number of hydrogen-bond donors (Lipinski definition) is 1. The van der Waals surface area contributed by atoms with Crippen LogP contribution in [-0.4, -0.2) is 42.5 Å². The monoisotopic (exact) mass is 311 g/mol. The molecule has 2 unspecified atom stereocenters. The Morgan fingerprint density at radius 2 is 2.29 bits per heavy atom. The topological polar surface area (TPSA) is 54.5 Å². The molecule has 1 saturated heterocycles. The summed E-state index contributed by atoms with van der Waals surface area (Å²) in [4.78, 5) is 18.7. The fourth-order valence-electron chi connectivity index (χ4n) is 2.44. The number of carbonyl (C=O) groups excluding carboxylic acids is 1. The van der Waals surface area contributed by atoms with Crippen LogP contribution in [0.15, 0.2) is 5.38 Å². The van der Waals surface area contributed by atoms with E-state index in [1.54, 1.807) is 16.2 Å². The number of nitrogens with zero attached hydrogens (tertiary/aromatic N) is 2. The lowest BCUT2D eigenvalue weighted by molar-refractivity contribution is -0.136. The Morgan fingerprint density at radius 3 is 2.86 bits per heavy atom. The predicted molar refractivity (Wildman–Crippen MR) is 84.2 cm³/mol. The zero-order valence-corrected chi connectivity index (χ0v) is 14.1. The number of nitrogens with one attached hydrogen (secondary N) is 1. The van der Waals surface area contributed by atoms with Crippen LogP contribution in [0.4, 0.5) is 0 Å². The molecule has 2 rings (SSSR count). The fourth-order valence-corrected chi connectivity index (χ4v) is 3.25. The molecule has 1 aromatic heterocycles. The molecule has 1 aliphatic heterocycles. The first kappa shape index (κ1) is 16.4. The highest BCUT2D eigenvalue weighted by molar-refractivity contribution is 7.09. The van der Waals surface area contributed by atoms with Gasteiger partial charge >= 0.3 is 0 Å². The van der Waals surface area contributed by atoms with Gasteiger partial charge in [-0.15, -0.1) is 11.3 Å². The van der Waals surface area contributed by atoms with Gasteiger partial charge in [-0.3, -0.25) is 4.79 Å². The second-order valence-corrected chi connectivity index (χ2v) is 6.57. The number of carbonyl (C=O) groups is 1. The second kappa shape index (κ2) is 7.33. The summed E-state index contributed by atoms with van der Waals surface area (Å²) in [5.74, 6) is 0.759. The second-order valence-electron chi connectivity index (χ2n) is 5.68. The standard InChI is InChI=1S/C15H25N3O2S/c1-5-20-11(3)14-17-13(9-21-14)8-18(4)15(19)10(2)12-6-16-7-12/h9-12,16H,5-8H2,1-4H3. The summed E-state index contributed by atoms with van der Waals surface area (Å²) in [6.07, 6.45) is 0.0229. The van der Waals surface area contributed by atoms with Gasteiger partial charge in [-0.2, -0.15) is 0 Å². The van der Waals surface area contributed by atoms with Crippen LogP contribution >= 0.6 is 11.3 Å². The Bertz CT molecular complexity index is 473. The van der Waals surface area contributed by atoms with E-state index in [0.717, 1.165) is 23.8 Å². The molecule has 0 aromatic carbocycles. The molecule has 1 fully saturated rings. The molecule has 0 aliphatic carbocycles. The van der Waals surface area contributed by atoms with Gasteiger partial charge in [0.1, 0.15) is 11.1 Å². The summed E-state index contributed by atoms with van der Waals surface area (Å²) >= 11 is 1.60. The van der Waals surface area contributed by atoms with Gasteiger partial charge in [0.05, 0.1) is 12.2 Å². The quantitative estimate of drug-likeness (QED) is 0.837. The Morgan fingerprint density at radius 1 is 1.57 bits per heavy atom. The minimum Gasteiger partial charge on any atom is -0.372 e. The van der Waals surface area contributed by atoms with E-state index in [0.29, 0.717) is 19.1 Å². The van der Waals surface area contributed by atoms with E-state index in [2.05, 4.69) is 10.3 Å². The van der Waals surface area contributed by atoms with Gasteiger partial charge in [-0.05, 0) is 32.9 Å². The summed E-state index contributed by atoms with van der Waals surface area (Å²) in [6.45, 7) is 9.16. The lowest BCUT2D eigenvalue weighted by Crippen LogP contribution is -2.49. The molecule has 1 amide bonds. The maximum Gasteiger partial charge on any atom is 0.225 e. The number of thiazole rings is 1. The molecule has 1 aliphatic rings. The molecule has 0 saturated carbocycles. The average molecular weight is 311 g/mol. The molecular formula is C15H25N3O2S. The van der Waals surface area contributed by atoms with Gasteiger partial charge in [0.25, 0.3) is 0 Å². The van der Waals surface area contributed by atoms with Crippen molar-refractivity contribution < 1.29 is 9.53 Å². The van der Waals surface area contributed by atoms with Crippen LogP contribution in [0.5, 0.6) is 0 Å². The smallest absolute Gasteiger partial charge is 0.225 e. The van der Waals surface area contributed by atoms with Crippen molar-refractivity contribution in [3.05, 3.63) is 16.1 Å². The van der Waals surface area contributed by atoms with Crippen molar-refractivity contribution in [2.45, 2.75) is 33.4 Å². The SMILES string of the molecule is CCOC(C)c1nc(CN(C)C(=O)C(C)C2CNC2)cs1. The third-order valence-corrected chi connectivity index (χ3v) is 5.07. The first-order valence-electron chi connectivity index (χ1n) is 7.54. The first-order chi connectivity index (χ1) is 10.0. The number of rotatable bonds is 7. The van der Waals surface area contributed by atoms with Crippen LogP contribution in [0.3, 0.4) is 0 Å². The average Bonchev–Trinajstić information content (AvgIpc) is 2.84. The Hall–Kier alpha value is -0.980. The highest BCUT2D eigenvalue weighted by atomic mass is 32.1. The first-order valence-corrected chi connectivity index (χ1v) is 8.42. The lowest BCUT2D eigenvalue weighted by Gasteiger charge is -2.33. The molecule has 0 radical (unpaired) electrons. The molecule has 6 heteroatoms. The van der Waals surface area contributed by atoms with Gasteiger partial charge in [0.15, 0.2) is 0 Å². The zero-order valence-electron chi connectivity index (χ0n) is 13.3. The fraction of sp³-hybridized carbons (Fsp3) is 0.733. The molecule has 2 heterocycles. The van der Waals surface area contributed by atoms with E-state index in [1.165, 1.54) is 0 Å². The van der Waals surface area contributed by atoms with Crippen molar-refractivity contribution in [2.24, 2.45) is 11.8 Å². The van der Waals surface area contributed by atoms with Crippen molar-refractivity contribution >= 4 is 17.2 Å². The normalized spacial score (nSPS) is 18.1. The largest absolute Gasteiger partial charge is 0.372 e. The summed E-state index contributed by atoms with van der Waals surface area (Å²) < 4.78 is 5.55. The molecule has 118 valence electrons. The molecule has 5 nitrogen and oxygen atoms in total. The van der Waals surface area contributed by atoms with E-state index in [4.69, 9.17) is 4.74 Å². The minimum absolute atomic E-state index is 0.0229. The maximum absolute atomic E-state index is 12.4. The highest BCUT2D eigenvalue weighted by Gasteiger charge is 2.30. The van der Waals surface area contributed by atoms with Crippen molar-refractivity contribution in [1.29, 1.82) is 0 Å². The molecule has 21 heavy (non-hydrogen) atoms. The minimum atomic E-state index is 0.0229. The molecule has 0 bridgehead atoms. The van der Waals surface area contributed by atoms with Gasteiger partial charge in [0, 0.05) is 25.0 Å². The van der Waals surface area contributed by atoms with Crippen LogP contribution in [0.1, 0.15) is 37.6 Å². The van der Waals surface area contributed by atoms with Gasteiger partial charge in [-0.1, -0.05) is 6.92 Å². The van der Waals surface area contributed by atoms with Crippen molar-refractivity contribution in [3.63, 3.8) is 0 Å². The number of amides is 1. The summed E-state index contributed by atoms with van der Waals surface area (Å²) in [6, 6.07) is 0. The third-order valence-electron chi connectivity index (χ3n) is 4.02. The van der Waals surface area contributed by atoms with E-state index < -0.39 is 0 Å². The van der Waals surface area contributed by atoms with Gasteiger partial charge in [-0.25, -0.2) is 4.98 Å². The van der Waals surface area contributed by atoms with E-state index in [1.807, 2.05) is 33.2 Å². The molecular weight excluding hydrogens is 286 g/mol. The predicted octanol–water partition coefficient (Wildman–Crippen LogP) is 2.05. The third kappa shape index (κ3) is 4.02. The van der Waals surface area contributed by atoms with Gasteiger partial charge < -0.3 is 15.0 Å². The number of hydrogen-bond acceptors (Lipinski definition) is 5. The molecule has 2 atom stereocenters. The van der Waals surface area contributed by atoms with Gasteiger partial charge in [0.2, 0.25) is 5.91 Å². The number of aromatic nitrogens is 1. The summed E-state index contributed by atoms with van der Waals surface area (Å²) in [7, 11) is 1.86. The van der Waals surface area contributed by atoms with Crippen LogP contribution < -0.4 is 5.32 Å². The number of ether oxygens (including phenoxy) is 1.